The summed E-state index contributed by atoms with van der Waals surface area (Å²) in [5, 5.41) is 0. The lowest BCUT2D eigenvalue weighted by molar-refractivity contribution is -0.103. The minimum atomic E-state index is -0.359. The number of anilines is 1. The predicted molar refractivity (Wildman–Crippen MR) is 58.6 cm³/mol. The van der Waals surface area contributed by atoms with Gasteiger partial charge in [0.15, 0.2) is 0 Å². The Morgan fingerprint density at radius 2 is 2.27 bits per heavy atom. The van der Waals surface area contributed by atoms with E-state index < -0.39 is 0 Å². The molecule has 1 aliphatic rings. The summed E-state index contributed by atoms with van der Waals surface area (Å²) in [5.41, 5.74) is 6.64. The van der Waals surface area contributed by atoms with Crippen LogP contribution >= 0.6 is 15.9 Å². The molecule has 0 atom stereocenters. The third-order valence-electron chi connectivity index (χ3n) is 2.11. The third-order valence-corrected chi connectivity index (χ3v) is 2.84. The number of benzene rings is 1. The van der Waals surface area contributed by atoms with E-state index in [1.54, 1.807) is 18.2 Å². The van der Waals surface area contributed by atoms with E-state index in [1.165, 1.54) is 0 Å². The number of esters is 1. The van der Waals surface area contributed by atoms with E-state index in [9.17, 15) is 4.79 Å². The van der Waals surface area contributed by atoms with Crippen molar-refractivity contribution in [1.82, 2.24) is 0 Å². The monoisotopic (exact) mass is 271 g/mol. The molecule has 0 saturated carbocycles. The Kier molecular flexibility index (Phi) is 2.93. The minimum absolute atomic E-state index is 0.109. The molecule has 1 aromatic rings. The molecule has 1 aliphatic heterocycles. The van der Waals surface area contributed by atoms with E-state index in [-0.39, 0.29) is 12.1 Å². The maximum atomic E-state index is 11.6. The Hall–Kier alpha value is -1.07. The molecule has 4 nitrogen and oxygen atoms in total. The second-order valence-electron chi connectivity index (χ2n) is 3.30. The van der Waals surface area contributed by atoms with Crippen LogP contribution in [0.2, 0.25) is 0 Å². The number of nitrogen functional groups attached to an aromatic ring is 1. The van der Waals surface area contributed by atoms with Gasteiger partial charge in [0.05, 0.1) is 18.8 Å². The summed E-state index contributed by atoms with van der Waals surface area (Å²) in [7, 11) is 0. The van der Waals surface area contributed by atoms with Crippen molar-refractivity contribution >= 4 is 27.6 Å². The van der Waals surface area contributed by atoms with Gasteiger partial charge in [0, 0.05) is 10.2 Å². The first-order valence-electron chi connectivity index (χ1n) is 4.50. The average molecular weight is 272 g/mol. The van der Waals surface area contributed by atoms with Gasteiger partial charge in [0.25, 0.3) is 0 Å². The smallest absolute Gasteiger partial charge is 0.338 e. The first kappa shape index (κ1) is 10.4. The molecule has 0 spiro atoms. The second-order valence-corrected chi connectivity index (χ2v) is 4.16. The highest BCUT2D eigenvalue weighted by Crippen LogP contribution is 2.21. The third kappa shape index (κ3) is 2.30. The van der Waals surface area contributed by atoms with E-state index in [0.717, 1.165) is 4.47 Å². The summed E-state index contributed by atoms with van der Waals surface area (Å²) in [6, 6.07) is 4.98. The molecule has 15 heavy (non-hydrogen) atoms. The number of nitrogens with two attached hydrogens (primary N) is 1. The topological polar surface area (TPSA) is 61.6 Å². The maximum absolute atomic E-state index is 11.6. The van der Waals surface area contributed by atoms with Crippen LogP contribution in [-0.2, 0) is 9.47 Å². The van der Waals surface area contributed by atoms with Crippen LogP contribution in [0, 0.1) is 0 Å². The number of carbonyl (C=O) groups excluding carboxylic acids is 1. The summed E-state index contributed by atoms with van der Waals surface area (Å²) in [5.74, 6) is -0.359. The molecule has 1 saturated heterocycles. The molecule has 2 rings (SSSR count). The summed E-state index contributed by atoms with van der Waals surface area (Å²) < 4.78 is 10.8. The van der Waals surface area contributed by atoms with E-state index in [1.807, 2.05) is 0 Å². The molecule has 1 aromatic carbocycles. The van der Waals surface area contributed by atoms with Gasteiger partial charge in [-0.15, -0.1) is 0 Å². The molecule has 0 amide bonds. The summed E-state index contributed by atoms with van der Waals surface area (Å²) in [6.45, 7) is 0.968. The average Bonchev–Trinajstić information content (AvgIpc) is 2.15. The Morgan fingerprint density at radius 3 is 2.80 bits per heavy atom. The van der Waals surface area contributed by atoms with Crippen molar-refractivity contribution in [3.63, 3.8) is 0 Å². The van der Waals surface area contributed by atoms with Crippen LogP contribution < -0.4 is 5.73 Å². The van der Waals surface area contributed by atoms with Crippen molar-refractivity contribution in [3.8, 4) is 0 Å². The van der Waals surface area contributed by atoms with Crippen molar-refractivity contribution in [1.29, 1.82) is 0 Å². The molecule has 80 valence electrons. The molecule has 0 bridgehead atoms. The molecule has 0 unspecified atom stereocenters. The summed E-state index contributed by atoms with van der Waals surface area (Å²) in [4.78, 5) is 11.6. The van der Waals surface area contributed by atoms with Crippen molar-refractivity contribution in [2.75, 3.05) is 18.9 Å². The first-order valence-corrected chi connectivity index (χ1v) is 5.30. The van der Waals surface area contributed by atoms with Gasteiger partial charge in [-0.1, -0.05) is 0 Å². The van der Waals surface area contributed by atoms with Crippen molar-refractivity contribution in [2.45, 2.75) is 6.10 Å². The molecule has 1 fully saturated rings. The Labute approximate surface area is 95.5 Å². The fourth-order valence-corrected chi connectivity index (χ4v) is 1.42. The lowest BCUT2D eigenvalue weighted by atomic mass is 10.2. The zero-order chi connectivity index (χ0) is 10.8. The number of rotatable bonds is 2. The Morgan fingerprint density at radius 1 is 1.53 bits per heavy atom. The van der Waals surface area contributed by atoms with Gasteiger partial charge in [-0.3, -0.25) is 0 Å². The molecule has 0 radical (unpaired) electrons. The van der Waals surface area contributed by atoms with Crippen molar-refractivity contribution < 1.29 is 14.3 Å². The van der Waals surface area contributed by atoms with Gasteiger partial charge in [-0.2, -0.15) is 0 Å². The fourth-order valence-electron chi connectivity index (χ4n) is 1.17. The number of hydrogen-bond acceptors (Lipinski definition) is 4. The second kappa shape index (κ2) is 4.20. The van der Waals surface area contributed by atoms with Gasteiger partial charge in [0.1, 0.15) is 6.10 Å². The number of halogens is 1. The zero-order valence-electron chi connectivity index (χ0n) is 7.90. The lowest BCUT2D eigenvalue weighted by Crippen LogP contribution is -2.37. The Balaban J connectivity index is 2.07. The largest absolute Gasteiger partial charge is 0.454 e. The standard InChI is InChI=1S/C10H10BrNO3/c11-8-2-1-6(3-9(8)12)10(13)15-7-4-14-5-7/h1-3,7H,4-5,12H2. The summed E-state index contributed by atoms with van der Waals surface area (Å²) in [6.07, 6.45) is -0.109. The molecular weight excluding hydrogens is 262 g/mol. The lowest BCUT2D eigenvalue weighted by Gasteiger charge is -2.25. The van der Waals surface area contributed by atoms with Crippen LogP contribution in [0.1, 0.15) is 10.4 Å². The molecule has 0 aromatic heterocycles. The normalized spacial score (nSPS) is 15.8. The minimum Gasteiger partial charge on any atom is -0.454 e. The predicted octanol–water partition coefficient (Wildman–Crippen LogP) is 1.59. The van der Waals surface area contributed by atoms with Crippen LogP contribution in [0.5, 0.6) is 0 Å². The highest BCUT2D eigenvalue weighted by atomic mass is 79.9. The van der Waals surface area contributed by atoms with Crippen LogP contribution in [-0.4, -0.2) is 25.3 Å². The SMILES string of the molecule is Nc1cc(C(=O)OC2COC2)ccc1Br. The molecular formula is C10H10BrNO3. The molecule has 2 N–H and O–H groups in total. The maximum Gasteiger partial charge on any atom is 0.338 e. The zero-order valence-corrected chi connectivity index (χ0v) is 9.49. The van der Waals surface area contributed by atoms with Gasteiger partial charge < -0.3 is 15.2 Å². The van der Waals surface area contributed by atoms with Crippen LogP contribution in [0.15, 0.2) is 22.7 Å². The first-order chi connectivity index (χ1) is 7.16. The summed E-state index contributed by atoms with van der Waals surface area (Å²) >= 11 is 3.26. The fraction of sp³-hybridized carbons (Fsp3) is 0.300. The van der Waals surface area contributed by atoms with Gasteiger partial charge in [-0.25, -0.2) is 4.79 Å². The van der Waals surface area contributed by atoms with Gasteiger partial charge in [0.2, 0.25) is 0 Å². The highest BCUT2D eigenvalue weighted by molar-refractivity contribution is 9.10. The number of carbonyl (C=O) groups is 1. The van der Waals surface area contributed by atoms with Crippen molar-refractivity contribution in [2.24, 2.45) is 0 Å². The highest BCUT2D eigenvalue weighted by Gasteiger charge is 2.23. The van der Waals surface area contributed by atoms with E-state index in [0.29, 0.717) is 24.5 Å². The van der Waals surface area contributed by atoms with E-state index >= 15 is 0 Å². The number of hydrogen-bond donors (Lipinski definition) is 1. The molecule has 1 heterocycles. The van der Waals surface area contributed by atoms with E-state index in [4.69, 9.17) is 15.2 Å². The van der Waals surface area contributed by atoms with Crippen LogP contribution in [0.25, 0.3) is 0 Å². The molecule has 0 aliphatic carbocycles. The van der Waals surface area contributed by atoms with Crippen LogP contribution in [0.4, 0.5) is 5.69 Å². The quantitative estimate of drug-likeness (QED) is 0.656. The van der Waals surface area contributed by atoms with Crippen molar-refractivity contribution in [3.05, 3.63) is 28.2 Å². The van der Waals surface area contributed by atoms with E-state index in [2.05, 4.69) is 15.9 Å². The van der Waals surface area contributed by atoms with Gasteiger partial charge in [-0.05, 0) is 34.1 Å². The van der Waals surface area contributed by atoms with Gasteiger partial charge >= 0.3 is 5.97 Å². The number of ether oxygens (including phenoxy) is 2. The van der Waals surface area contributed by atoms with Crippen LogP contribution in [0.3, 0.4) is 0 Å². The Bertz CT molecular complexity index is 390. The molecule has 5 heteroatoms.